The van der Waals surface area contributed by atoms with Gasteiger partial charge in [0.1, 0.15) is 5.58 Å². The van der Waals surface area contributed by atoms with Gasteiger partial charge in [0.25, 0.3) is 5.91 Å². The summed E-state index contributed by atoms with van der Waals surface area (Å²) in [6, 6.07) is 5.70. The van der Waals surface area contributed by atoms with Gasteiger partial charge in [-0.2, -0.15) is 0 Å². The van der Waals surface area contributed by atoms with Crippen molar-refractivity contribution in [3.8, 4) is 0 Å². The molecule has 2 heterocycles. The minimum atomic E-state index is -1.01. The molecule has 1 unspecified atom stereocenters. The molecule has 1 aromatic heterocycles. The number of benzene rings is 1. The number of rotatable bonds is 5. The van der Waals surface area contributed by atoms with E-state index in [2.05, 4.69) is 10.2 Å². The minimum Gasteiger partial charge on any atom is -0.451 e. The fraction of sp³-hybridized carbons (Fsp3) is 0.526. The zero-order valence-corrected chi connectivity index (χ0v) is 15.1. The van der Waals surface area contributed by atoms with Gasteiger partial charge in [0.2, 0.25) is 0 Å². The third-order valence-electron chi connectivity index (χ3n) is 4.65. The van der Waals surface area contributed by atoms with Gasteiger partial charge in [0.05, 0.1) is 18.8 Å². The molecule has 1 saturated heterocycles. The van der Waals surface area contributed by atoms with E-state index in [0.29, 0.717) is 25.3 Å². The van der Waals surface area contributed by atoms with E-state index < -0.39 is 5.60 Å². The number of β-amino-alcohol motifs (C(OH)–C–C–N with tert-alkyl or cyclic N) is 1. The van der Waals surface area contributed by atoms with Crippen molar-refractivity contribution in [3.05, 3.63) is 35.1 Å². The standard InChI is InChI=1S/C19H26N2O4/c1-13-8-15-10-17(25-16(15)9-14(13)2)18(22)20-11-19(3,23)12-21-4-6-24-7-5-21/h8-10,23H,4-7,11-12H2,1-3H3,(H,20,22). The Balaban J connectivity index is 1.61. The van der Waals surface area contributed by atoms with Gasteiger partial charge in [-0.05, 0) is 50.1 Å². The number of carbonyl (C=O) groups is 1. The molecule has 25 heavy (non-hydrogen) atoms. The van der Waals surface area contributed by atoms with Gasteiger partial charge in [-0.15, -0.1) is 0 Å². The molecule has 0 saturated carbocycles. The van der Waals surface area contributed by atoms with Crippen LogP contribution in [0.2, 0.25) is 0 Å². The van der Waals surface area contributed by atoms with Crippen LogP contribution in [0.1, 0.15) is 28.6 Å². The molecule has 1 atom stereocenters. The third-order valence-corrected chi connectivity index (χ3v) is 4.65. The first-order valence-corrected chi connectivity index (χ1v) is 8.65. The summed E-state index contributed by atoms with van der Waals surface area (Å²) in [5.41, 5.74) is 1.98. The number of furan rings is 1. The number of fused-ring (bicyclic) bond motifs is 1. The molecule has 1 aromatic carbocycles. The lowest BCUT2D eigenvalue weighted by Crippen LogP contribution is -2.51. The number of morpholine rings is 1. The average molecular weight is 346 g/mol. The summed E-state index contributed by atoms with van der Waals surface area (Å²) in [6.07, 6.45) is 0. The monoisotopic (exact) mass is 346 g/mol. The second-order valence-electron chi connectivity index (χ2n) is 7.15. The molecule has 6 heteroatoms. The Hall–Kier alpha value is -1.89. The van der Waals surface area contributed by atoms with E-state index in [1.54, 1.807) is 13.0 Å². The summed E-state index contributed by atoms with van der Waals surface area (Å²) >= 11 is 0. The predicted octanol–water partition coefficient (Wildman–Crippen LogP) is 1.86. The van der Waals surface area contributed by atoms with Crippen molar-refractivity contribution in [2.24, 2.45) is 0 Å². The largest absolute Gasteiger partial charge is 0.451 e. The average Bonchev–Trinajstić information content (AvgIpc) is 2.96. The Morgan fingerprint density at radius 3 is 2.64 bits per heavy atom. The van der Waals surface area contributed by atoms with Gasteiger partial charge in [0.15, 0.2) is 5.76 Å². The molecule has 0 spiro atoms. The second-order valence-corrected chi connectivity index (χ2v) is 7.15. The molecule has 2 N–H and O–H groups in total. The van der Waals surface area contributed by atoms with E-state index in [1.165, 1.54) is 0 Å². The van der Waals surface area contributed by atoms with Crippen LogP contribution in [0.5, 0.6) is 0 Å². The lowest BCUT2D eigenvalue weighted by atomic mass is 10.1. The van der Waals surface area contributed by atoms with Crippen LogP contribution < -0.4 is 5.32 Å². The van der Waals surface area contributed by atoms with Gasteiger partial charge in [0, 0.05) is 31.6 Å². The summed E-state index contributed by atoms with van der Waals surface area (Å²) in [7, 11) is 0. The summed E-state index contributed by atoms with van der Waals surface area (Å²) in [6.45, 7) is 9.39. The highest BCUT2D eigenvalue weighted by atomic mass is 16.5. The predicted molar refractivity (Wildman–Crippen MR) is 95.9 cm³/mol. The van der Waals surface area contributed by atoms with E-state index in [-0.39, 0.29) is 18.2 Å². The van der Waals surface area contributed by atoms with Crippen molar-refractivity contribution in [2.45, 2.75) is 26.4 Å². The molecule has 1 aliphatic heterocycles. The number of carbonyl (C=O) groups excluding carboxylic acids is 1. The van der Waals surface area contributed by atoms with Crippen molar-refractivity contribution in [1.82, 2.24) is 10.2 Å². The van der Waals surface area contributed by atoms with Crippen LogP contribution in [0.4, 0.5) is 0 Å². The molecule has 3 rings (SSSR count). The number of ether oxygens (including phenoxy) is 1. The zero-order valence-electron chi connectivity index (χ0n) is 15.1. The molecular weight excluding hydrogens is 320 g/mol. The fourth-order valence-corrected chi connectivity index (χ4v) is 3.07. The van der Waals surface area contributed by atoms with Gasteiger partial charge < -0.3 is 19.6 Å². The molecule has 136 valence electrons. The maximum absolute atomic E-state index is 12.4. The van der Waals surface area contributed by atoms with Crippen LogP contribution in [0.25, 0.3) is 11.0 Å². The van der Waals surface area contributed by atoms with Crippen molar-refractivity contribution in [3.63, 3.8) is 0 Å². The first-order chi connectivity index (χ1) is 11.8. The Kier molecular flexibility index (Phi) is 5.13. The number of aliphatic hydroxyl groups is 1. The van der Waals surface area contributed by atoms with E-state index >= 15 is 0 Å². The van der Waals surface area contributed by atoms with Crippen LogP contribution in [-0.2, 0) is 4.74 Å². The maximum atomic E-state index is 12.4. The summed E-state index contributed by atoms with van der Waals surface area (Å²) < 4.78 is 11.0. The number of hydrogen-bond acceptors (Lipinski definition) is 5. The fourth-order valence-electron chi connectivity index (χ4n) is 3.07. The first-order valence-electron chi connectivity index (χ1n) is 8.65. The minimum absolute atomic E-state index is 0.165. The van der Waals surface area contributed by atoms with Crippen molar-refractivity contribution >= 4 is 16.9 Å². The van der Waals surface area contributed by atoms with Crippen LogP contribution in [-0.4, -0.2) is 60.9 Å². The molecule has 6 nitrogen and oxygen atoms in total. The van der Waals surface area contributed by atoms with Crippen LogP contribution in [0.15, 0.2) is 22.6 Å². The molecule has 0 radical (unpaired) electrons. The molecule has 1 fully saturated rings. The highest BCUT2D eigenvalue weighted by Crippen LogP contribution is 2.23. The number of nitrogens with one attached hydrogen (secondary N) is 1. The summed E-state index contributed by atoms with van der Waals surface area (Å²) in [5, 5.41) is 14.2. The van der Waals surface area contributed by atoms with Crippen LogP contribution in [0.3, 0.4) is 0 Å². The summed E-state index contributed by atoms with van der Waals surface area (Å²) in [5.74, 6) is -0.0454. The maximum Gasteiger partial charge on any atom is 0.287 e. The van der Waals surface area contributed by atoms with Crippen molar-refractivity contribution in [1.29, 1.82) is 0 Å². The zero-order chi connectivity index (χ0) is 18.0. The molecule has 0 bridgehead atoms. The summed E-state index contributed by atoms with van der Waals surface area (Å²) in [4.78, 5) is 14.5. The Morgan fingerprint density at radius 2 is 1.92 bits per heavy atom. The number of amides is 1. The number of nitrogens with zero attached hydrogens (tertiary/aromatic N) is 1. The SMILES string of the molecule is Cc1cc2cc(C(=O)NCC(C)(O)CN3CCOCC3)oc2cc1C. The van der Waals surface area contributed by atoms with Gasteiger partial charge in [-0.1, -0.05) is 0 Å². The highest BCUT2D eigenvalue weighted by Gasteiger charge is 2.26. The van der Waals surface area contributed by atoms with E-state index in [9.17, 15) is 9.90 Å². The smallest absolute Gasteiger partial charge is 0.287 e. The van der Waals surface area contributed by atoms with E-state index in [4.69, 9.17) is 9.15 Å². The quantitative estimate of drug-likeness (QED) is 0.864. The lowest BCUT2D eigenvalue weighted by molar-refractivity contribution is -0.0213. The van der Waals surface area contributed by atoms with Crippen LogP contribution in [0, 0.1) is 13.8 Å². The molecular formula is C19H26N2O4. The molecule has 1 aliphatic rings. The van der Waals surface area contributed by atoms with Crippen molar-refractivity contribution in [2.75, 3.05) is 39.4 Å². The highest BCUT2D eigenvalue weighted by molar-refractivity contribution is 5.96. The molecule has 1 amide bonds. The van der Waals surface area contributed by atoms with Crippen molar-refractivity contribution < 1.29 is 19.1 Å². The van der Waals surface area contributed by atoms with Crippen LogP contribution >= 0.6 is 0 Å². The van der Waals surface area contributed by atoms with E-state index in [1.807, 2.05) is 26.0 Å². The molecule has 0 aliphatic carbocycles. The second kappa shape index (κ2) is 7.15. The molecule has 2 aromatic rings. The topological polar surface area (TPSA) is 74.9 Å². The Labute approximate surface area is 147 Å². The lowest BCUT2D eigenvalue weighted by Gasteiger charge is -2.33. The number of hydrogen-bond donors (Lipinski definition) is 2. The van der Waals surface area contributed by atoms with Gasteiger partial charge in [-0.3, -0.25) is 9.69 Å². The Morgan fingerprint density at radius 1 is 1.24 bits per heavy atom. The van der Waals surface area contributed by atoms with E-state index in [0.717, 1.165) is 29.6 Å². The normalized spacial score (nSPS) is 18.2. The number of aryl methyl sites for hydroxylation is 2. The Bertz CT molecular complexity index is 721. The van der Waals surface area contributed by atoms with Gasteiger partial charge >= 0.3 is 0 Å². The third kappa shape index (κ3) is 4.39. The van der Waals surface area contributed by atoms with Gasteiger partial charge in [-0.25, -0.2) is 0 Å². The first kappa shape index (κ1) is 17.9.